The van der Waals surface area contributed by atoms with Gasteiger partial charge >= 0.3 is 0 Å². The summed E-state index contributed by atoms with van der Waals surface area (Å²) in [4.78, 5) is 13.9. The number of rotatable bonds is 2. The van der Waals surface area contributed by atoms with E-state index in [-0.39, 0.29) is 17.9 Å². The monoisotopic (exact) mass is 238 g/mol. The summed E-state index contributed by atoms with van der Waals surface area (Å²) in [7, 11) is 1.70. The van der Waals surface area contributed by atoms with Crippen molar-refractivity contribution < 1.29 is 9.90 Å². The van der Waals surface area contributed by atoms with Gasteiger partial charge in [0.2, 0.25) is 0 Å². The number of aliphatic hydroxyl groups excluding tert-OH is 1. The van der Waals surface area contributed by atoms with E-state index in [4.69, 9.17) is 5.73 Å². The maximum atomic E-state index is 12.2. The van der Waals surface area contributed by atoms with Gasteiger partial charge < -0.3 is 15.7 Å². The molecule has 2 unspecified atom stereocenters. The van der Waals surface area contributed by atoms with E-state index in [0.29, 0.717) is 24.5 Å². The topological polar surface area (TPSA) is 84.4 Å². The van der Waals surface area contributed by atoms with Gasteiger partial charge in [-0.05, 0) is 13.3 Å². The van der Waals surface area contributed by atoms with Crippen molar-refractivity contribution >= 4 is 11.6 Å². The van der Waals surface area contributed by atoms with Gasteiger partial charge in [-0.15, -0.1) is 0 Å². The lowest BCUT2D eigenvalue weighted by atomic mass is 10.0. The van der Waals surface area contributed by atoms with Crippen molar-refractivity contribution in [1.29, 1.82) is 0 Å². The Kier molecular flexibility index (Phi) is 3.06. The van der Waals surface area contributed by atoms with E-state index in [1.165, 1.54) is 10.9 Å². The van der Waals surface area contributed by atoms with Crippen LogP contribution in [-0.4, -0.2) is 44.9 Å². The number of nitrogen functional groups attached to an aromatic ring is 1. The van der Waals surface area contributed by atoms with Gasteiger partial charge in [0.25, 0.3) is 5.91 Å². The molecule has 2 rings (SSSR count). The summed E-state index contributed by atoms with van der Waals surface area (Å²) in [5.41, 5.74) is 6.55. The molecular formula is C11H18N4O2. The SMILES string of the molecule is CC(O)C1CCN(C(=O)c2c(N)cnn2C)C1. The van der Waals surface area contributed by atoms with Gasteiger partial charge in [0, 0.05) is 26.1 Å². The van der Waals surface area contributed by atoms with Crippen molar-refractivity contribution in [3.8, 4) is 0 Å². The summed E-state index contributed by atoms with van der Waals surface area (Å²) in [6.07, 6.45) is 1.94. The largest absolute Gasteiger partial charge is 0.396 e. The van der Waals surface area contributed by atoms with Crippen LogP contribution in [0.5, 0.6) is 0 Å². The molecule has 1 aromatic heterocycles. The predicted molar refractivity (Wildman–Crippen MR) is 63.3 cm³/mol. The van der Waals surface area contributed by atoms with E-state index in [1.54, 1.807) is 18.9 Å². The minimum Gasteiger partial charge on any atom is -0.396 e. The molecule has 0 aromatic carbocycles. The lowest BCUT2D eigenvalue weighted by Gasteiger charge is -2.18. The van der Waals surface area contributed by atoms with Crippen LogP contribution >= 0.6 is 0 Å². The fourth-order valence-corrected chi connectivity index (χ4v) is 2.23. The summed E-state index contributed by atoms with van der Waals surface area (Å²) in [5, 5.41) is 13.5. The smallest absolute Gasteiger partial charge is 0.274 e. The number of amides is 1. The summed E-state index contributed by atoms with van der Waals surface area (Å²) < 4.78 is 1.49. The minimum atomic E-state index is -0.378. The lowest BCUT2D eigenvalue weighted by molar-refractivity contribution is 0.0753. The highest BCUT2D eigenvalue weighted by molar-refractivity contribution is 5.97. The highest BCUT2D eigenvalue weighted by atomic mass is 16.3. The summed E-state index contributed by atoms with van der Waals surface area (Å²) in [6.45, 7) is 3.01. The number of anilines is 1. The fourth-order valence-electron chi connectivity index (χ4n) is 2.23. The number of aryl methyl sites for hydroxylation is 1. The van der Waals surface area contributed by atoms with Crippen LogP contribution in [0.1, 0.15) is 23.8 Å². The minimum absolute atomic E-state index is 0.106. The number of hydrogen-bond acceptors (Lipinski definition) is 4. The Balaban J connectivity index is 2.12. The second-order valence-corrected chi connectivity index (χ2v) is 4.61. The Labute approximate surface area is 100 Å². The van der Waals surface area contributed by atoms with Crippen molar-refractivity contribution in [2.45, 2.75) is 19.4 Å². The van der Waals surface area contributed by atoms with Crippen LogP contribution in [0.25, 0.3) is 0 Å². The van der Waals surface area contributed by atoms with Crippen molar-refractivity contribution in [2.24, 2.45) is 13.0 Å². The normalized spacial score (nSPS) is 21.8. The second-order valence-electron chi connectivity index (χ2n) is 4.61. The third-order valence-electron chi connectivity index (χ3n) is 3.36. The molecule has 2 heterocycles. The average molecular weight is 238 g/mol. The van der Waals surface area contributed by atoms with E-state index < -0.39 is 0 Å². The molecule has 1 fully saturated rings. The van der Waals surface area contributed by atoms with Crippen LogP contribution in [0.4, 0.5) is 5.69 Å². The van der Waals surface area contributed by atoms with Crippen molar-refractivity contribution in [3.63, 3.8) is 0 Å². The predicted octanol–water partition coefficient (Wildman–Crippen LogP) is -0.155. The van der Waals surface area contributed by atoms with Crippen molar-refractivity contribution in [2.75, 3.05) is 18.8 Å². The van der Waals surface area contributed by atoms with Crippen molar-refractivity contribution in [3.05, 3.63) is 11.9 Å². The Hall–Kier alpha value is -1.56. The van der Waals surface area contributed by atoms with Gasteiger partial charge in [-0.2, -0.15) is 5.10 Å². The molecule has 1 aliphatic heterocycles. The molecule has 3 N–H and O–H groups in total. The van der Waals surface area contributed by atoms with Crippen LogP contribution < -0.4 is 5.73 Å². The Morgan fingerprint density at radius 3 is 2.88 bits per heavy atom. The molecule has 6 heteroatoms. The van der Waals surface area contributed by atoms with Crippen LogP contribution in [0.3, 0.4) is 0 Å². The molecule has 1 saturated heterocycles. The summed E-state index contributed by atoms with van der Waals surface area (Å²) in [6, 6.07) is 0. The maximum absolute atomic E-state index is 12.2. The number of hydrogen-bond donors (Lipinski definition) is 2. The average Bonchev–Trinajstić information content (AvgIpc) is 2.85. The first-order valence-electron chi connectivity index (χ1n) is 5.75. The highest BCUT2D eigenvalue weighted by Gasteiger charge is 2.31. The van der Waals surface area contributed by atoms with Gasteiger partial charge in [-0.1, -0.05) is 0 Å². The number of nitrogens with zero attached hydrogens (tertiary/aromatic N) is 3. The number of aliphatic hydroxyl groups is 1. The zero-order chi connectivity index (χ0) is 12.6. The molecule has 1 amide bonds. The highest BCUT2D eigenvalue weighted by Crippen LogP contribution is 2.22. The first-order chi connectivity index (χ1) is 8.00. The van der Waals surface area contributed by atoms with E-state index in [1.807, 2.05) is 0 Å². The molecule has 1 aliphatic rings. The fraction of sp³-hybridized carbons (Fsp3) is 0.636. The van der Waals surface area contributed by atoms with Crippen LogP contribution in [-0.2, 0) is 7.05 Å². The Morgan fingerprint density at radius 1 is 1.71 bits per heavy atom. The molecule has 0 saturated carbocycles. The lowest BCUT2D eigenvalue weighted by Crippen LogP contribution is -2.32. The summed E-state index contributed by atoms with van der Waals surface area (Å²) >= 11 is 0. The molecule has 0 radical (unpaired) electrons. The van der Waals surface area contributed by atoms with Crippen molar-refractivity contribution in [1.82, 2.24) is 14.7 Å². The molecule has 6 nitrogen and oxygen atoms in total. The zero-order valence-electron chi connectivity index (χ0n) is 10.1. The van der Waals surface area contributed by atoms with Crippen LogP contribution in [0, 0.1) is 5.92 Å². The van der Waals surface area contributed by atoms with Crippen LogP contribution in [0.15, 0.2) is 6.20 Å². The Morgan fingerprint density at radius 2 is 2.41 bits per heavy atom. The van der Waals surface area contributed by atoms with Gasteiger partial charge in [0.1, 0.15) is 5.69 Å². The quantitative estimate of drug-likeness (QED) is 0.750. The molecule has 2 atom stereocenters. The first-order valence-corrected chi connectivity index (χ1v) is 5.75. The van der Waals surface area contributed by atoms with Crippen LogP contribution in [0.2, 0.25) is 0 Å². The van der Waals surface area contributed by atoms with Gasteiger partial charge in [-0.3, -0.25) is 9.48 Å². The van der Waals surface area contributed by atoms with Gasteiger partial charge in [-0.25, -0.2) is 0 Å². The number of likely N-dealkylation sites (tertiary alicyclic amines) is 1. The van der Waals surface area contributed by atoms with Gasteiger partial charge in [0.15, 0.2) is 0 Å². The van der Waals surface area contributed by atoms with E-state index in [2.05, 4.69) is 5.10 Å². The third-order valence-corrected chi connectivity index (χ3v) is 3.36. The standard InChI is InChI=1S/C11H18N4O2/c1-7(16)8-3-4-15(6-8)11(17)10-9(12)5-13-14(10)2/h5,7-8,16H,3-4,6,12H2,1-2H3. The summed E-state index contributed by atoms with van der Waals surface area (Å²) in [5.74, 6) is 0.0547. The molecule has 0 aliphatic carbocycles. The Bertz CT molecular complexity index is 408. The zero-order valence-corrected chi connectivity index (χ0v) is 10.1. The number of aromatic nitrogens is 2. The number of carbonyl (C=O) groups excluding carboxylic acids is 1. The molecule has 94 valence electrons. The van der Waals surface area contributed by atoms with E-state index in [0.717, 1.165) is 6.42 Å². The first kappa shape index (κ1) is 11.9. The van der Waals surface area contributed by atoms with Gasteiger partial charge in [0.05, 0.1) is 18.0 Å². The molecule has 0 spiro atoms. The third kappa shape index (κ3) is 2.12. The molecular weight excluding hydrogens is 220 g/mol. The molecule has 0 bridgehead atoms. The number of carbonyl (C=O) groups is 1. The second kappa shape index (κ2) is 4.37. The maximum Gasteiger partial charge on any atom is 0.274 e. The van der Waals surface area contributed by atoms with E-state index in [9.17, 15) is 9.90 Å². The molecule has 17 heavy (non-hydrogen) atoms. The number of nitrogens with two attached hydrogens (primary N) is 1. The van der Waals surface area contributed by atoms with E-state index >= 15 is 0 Å². The molecule has 1 aromatic rings.